The molecule has 11 nitrogen and oxygen atoms in total. The van der Waals surface area contributed by atoms with Crippen LogP contribution in [0.25, 0.3) is 0 Å². The van der Waals surface area contributed by atoms with Crippen LogP contribution in [-0.4, -0.2) is 87.3 Å². The van der Waals surface area contributed by atoms with Gasteiger partial charge in [0, 0.05) is 57.4 Å². The number of aryl methyl sites for hydroxylation is 2. The summed E-state index contributed by atoms with van der Waals surface area (Å²) in [6.07, 6.45) is 1.58. The molecule has 4 rings (SSSR count). The van der Waals surface area contributed by atoms with Gasteiger partial charge in [-0.15, -0.1) is 0 Å². The van der Waals surface area contributed by atoms with Crippen LogP contribution in [0, 0.1) is 6.92 Å². The van der Waals surface area contributed by atoms with Crippen LogP contribution >= 0.6 is 0 Å². The van der Waals surface area contributed by atoms with Gasteiger partial charge in [0.1, 0.15) is 0 Å². The van der Waals surface area contributed by atoms with Gasteiger partial charge in [0.05, 0.1) is 23.5 Å². The number of hydrogen-bond acceptors (Lipinski definition) is 7. The fraction of sp³-hybridized carbons (Fsp3) is 0.680. The fourth-order valence-electron chi connectivity index (χ4n) is 5.25. The Labute approximate surface area is 212 Å². The van der Waals surface area contributed by atoms with Crippen molar-refractivity contribution in [2.45, 2.75) is 78.6 Å². The van der Waals surface area contributed by atoms with Crippen molar-refractivity contribution in [1.82, 2.24) is 29.9 Å². The molecule has 36 heavy (non-hydrogen) atoms. The molecule has 2 aromatic rings. The van der Waals surface area contributed by atoms with E-state index < -0.39 is 11.4 Å². The topological polar surface area (TPSA) is 120 Å². The standard InChI is InChI=1S/C25H39N7O4/c1-8-19-26-17(4)20(36-19)23(33)27-22-18-14-32(25(5,6)21(18)28-29-22)24(34)31-13-15(2)30(12-16(31)3)10-9-11-35-7/h15-16H,8-14H2,1-7H3,(H2,27,28,29,33)/t15-,16+/m1/s1. The van der Waals surface area contributed by atoms with Gasteiger partial charge in [-0.2, -0.15) is 5.10 Å². The first-order valence-electron chi connectivity index (χ1n) is 12.7. The molecule has 2 atom stereocenters. The minimum Gasteiger partial charge on any atom is -0.435 e. The highest BCUT2D eigenvalue weighted by molar-refractivity contribution is 6.03. The summed E-state index contributed by atoms with van der Waals surface area (Å²) in [4.78, 5) is 37.2. The van der Waals surface area contributed by atoms with E-state index in [1.54, 1.807) is 14.0 Å². The van der Waals surface area contributed by atoms with Crippen molar-refractivity contribution in [1.29, 1.82) is 0 Å². The van der Waals surface area contributed by atoms with E-state index in [0.29, 0.717) is 36.9 Å². The van der Waals surface area contributed by atoms with E-state index in [-0.39, 0.29) is 23.9 Å². The number of methoxy groups -OCH3 is 1. The lowest BCUT2D eigenvalue weighted by atomic mass is 10.0. The summed E-state index contributed by atoms with van der Waals surface area (Å²) in [6, 6.07) is 0.349. The lowest BCUT2D eigenvalue weighted by molar-refractivity contribution is 0.0315. The van der Waals surface area contributed by atoms with Crippen LogP contribution in [0.5, 0.6) is 0 Å². The average molecular weight is 502 g/mol. The van der Waals surface area contributed by atoms with Gasteiger partial charge in [-0.3, -0.25) is 14.8 Å². The number of carbonyl (C=O) groups excluding carboxylic acids is 2. The van der Waals surface area contributed by atoms with Gasteiger partial charge in [-0.1, -0.05) is 6.92 Å². The molecule has 0 radical (unpaired) electrons. The Hall–Kier alpha value is -2.92. The van der Waals surface area contributed by atoms with Crippen molar-refractivity contribution >= 4 is 17.8 Å². The summed E-state index contributed by atoms with van der Waals surface area (Å²) in [5, 5.41) is 10.3. The quantitative estimate of drug-likeness (QED) is 0.559. The van der Waals surface area contributed by atoms with Crippen LogP contribution in [0.1, 0.15) is 74.4 Å². The van der Waals surface area contributed by atoms with E-state index in [1.165, 1.54) is 0 Å². The normalized spacial score (nSPS) is 21.6. The molecule has 1 fully saturated rings. The molecule has 0 aliphatic carbocycles. The van der Waals surface area contributed by atoms with Gasteiger partial charge in [0.15, 0.2) is 11.7 Å². The Morgan fingerprint density at radius 1 is 1.25 bits per heavy atom. The Kier molecular flexibility index (Phi) is 7.42. The Balaban J connectivity index is 1.47. The molecule has 0 aromatic carbocycles. The highest BCUT2D eigenvalue weighted by Gasteiger charge is 2.47. The fourth-order valence-corrected chi connectivity index (χ4v) is 5.25. The number of aromatic nitrogens is 3. The van der Waals surface area contributed by atoms with E-state index in [2.05, 4.69) is 39.2 Å². The van der Waals surface area contributed by atoms with Crippen LogP contribution in [0.3, 0.4) is 0 Å². The summed E-state index contributed by atoms with van der Waals surface area (Å²) < 4.78 is 10.8. The number of fused-ring (bicyclic) bond motifs is 1. The summed E-state index contributed by atoms with van der Waals surface area (Å²) in [7, 11) is 1.72. The van der Waals surface area contributed by atoms with Gasteiger partial charge in [0.25, 0.3) is 5.91 Å². The molecule has 2 aliphatic rings. The van der Waals surface area contributed by atoms with Crippen molar-refractivity contribution in [3.05, 3.63) is 28.6 Å². The number of hydrogen-bond donors (Lipinski definition) is 2. The van der Waals surface area contributed by atoms with Crippen molar-refractivity contribution in [3.63, 3.8) is 0 Å². The van der Waals surface area contributed by atoms with Gasteiger partial charge in [-0.05, 0) is 41.0 Å². The minimum atomic E-state index is -0.599. The second kappa shape index (κ2) is 10.2. The molecule has 198 valence electrons. The van der Waals surface area contributed by atoms with Gasteiger partial charge in [-0.25, -0.2) is 9.78 Å². The molecular weight excluding hydrogens is 462 g/mol. The van der Waals surface area contributed by atoms with E-state index >= 15 is 0 Å². The number of amides is 3. The van der Waals surface area contributed by atoms with E-state index in [0.717, 1.165) is 37.4 Å². The first-order chi connectivity index (χ1) is 17.1. The molecule has 2 aromatic heterocycles. The number of H-pyrrole nitrogens is 1. The zero-order valence-electron chi connectivity index (χ0n) is 22.5. The smallest absolute Gasteiger partial charge is 0.321 e. The Morgan fingerprint density at radius 2 is 2.00 bits per heavy atom. The second-order valence-electron chi connectivity index (χ2n) is 10.4. The third-order valence-corrected chi connectivity index (χ3v) is 7.44. The molecule has 0 saturated carbocycles. The van der Waals surface area contributed by atoms with Crippen molar-refractivity contribution in [2.24, 2.45) is 0 Å². The molecule has 0 spiro atoms. The monoisotopic (exact) mass is 501 g/mol. The molecule has 4 heterocycles. The van der Waals surface area contributed by atoms with E-state index in [1.807, 2.05) is 30.6 Å². The maximum absolute atomic E-state index is 13.8. The number of piperazine rings is 1. The molecule has 0 bridgehead atoms. The summed E-state index contributed by atoms with van der Waals surface area (Å²) >= 11 is 0. The third-order valence-electron chi connectivity index (χ3n) is 7.44. The lowest BCUT2D eigenvalue weighted by Crippen LogP contribution is -2.61. The molecule has 2 aliphatic heterocycles. The van der Waals surface area contributed by atoms with E-state index in [4.69, 9.17) is 9.15 Å². The number of urea groups is 1. The molecule has 3 amide bonds. The van der Waals surface area contributed by atoms with Crippen molar-refractivity contribution in [3.8, 4) is 0 Å². The maximum atomic E-state index is 13.8. The van der Waals surface area contributed by atoms with Crippen LogP contribution in [0.2, 0.25) is 0 Å². The van der Waals surface area contributed by atoms with Crippen LogP contribution in [0.4, 0.5) is 10.6 Å². The van der Waals surface area contributed by atoms with Crippen molar-refractivity contribution in [2.75, 3.05) is 38.7 Å². The number of oxazole rings is 1. The highest BCUT2D eigenvalue weighted by atomic mass is 16.5. The van der Waals surface area contributed by atoms with Gasteiger partial charge >= 0.3 is 6.03 Å². The largest absolute Gasteiger partial charge is 0.435 e. The lowest BCUT2D eigenvalue weighted by Gasteiger charge is -2.46. The highest BCUT2D eigenvalue weighted by Crippen LogP contribution is 2.41. The molecule has 2 N–H and O–H groups in total. The maximum Gasteiger partial charge on any atom is 0.321 e. The molecule has 0 unspecified atom stereocenters. The van der Waals surface area contributed by atoms with Gasteiger partial charge in [0.2, 0.25) is 5.76 Å². The number of anilines is 1. The number of carbonyl (C=O) groups is 2. The Morgan fingerprint density at radius 3 is 2.67 bits per heavy atom. The predicted octanol–water partition coefficient (Wildman–Crippen LogP) is 3.12. The summed E-state index contributed by atoms with van der Waals surface area (Å²) in [6.45, 7) is 15.5. The Bertz CT molecular complexity index is 1110. The SMILES string of the molecule is CCc1nc(C)c(C(=O)Nc2n[nH]c3c2CN(C(=O)N2C[C@@H](C)N(CCCOC)C[C@@H]2C)C3(C)C)o1. The molecule has 11 heteroatoms. The predicted molar refractivity (Wildman–Crippen MR) is 135 cm³/mol. The minimum absolute atomic E-state index is 0.00330. The summed E-state index contributed by atoms with van der Waals surface area (Å²) in [5.74, 6) is 0.713. The van der Waals surface area contributed by atoms with Crippen LogP contribution in [0.15, 0.2) is 4.42 Å². The average Bonchev–Trinajstić information content (AvgIpc) is 3.49. The number of aromatic amines is 1. The number of rotatable bonds is 7. The molecular formula is C25H39N7O4. The van der Waals surface area contributed by atoms with E-state index in [9.17, 15) is 9.59 Å². The number of nitrogens with one attached hydrogen (secondary N) is 2. The number of ether oxygens (including phenoxy) is 1. The summed E-state index contributed by atoms with van der Waals surface area (Å²) in [5.41, 5.74) is 1.58. The zero-order chi connectivity index (χ0) is 26.2. The van der Waals surface area contributed by atoms with Crippen molar-refractivity contribution < 1.29 is 18.7 Å². The number of nitrogens with zero attached hydrogens (tertiary/aromatic N) is 5. The van der Waals surface area contributed by atoms with Gasteiger partial charge < -0.3 is 24.3 Å². The van der Waals surface area contributed by atoms with Crippen LogP contribution in [-0.2, 0) is 23.2 Å². The third kappa shape index (κ3) is 4.73. The second-order valence-corrected chi connectivity index (χ2v) is 10.4. The molecule has 1 saturated heterocycles. The van der Waals surface area contributed by atoms with Crippen LogP contribution < -0.4 is 5.32 Å². The first-order valence-corrected chi connectivity index (χ1v) is 12.7. The first kappa shape index (κ1) is 26.2. The zero-order valence-corrected chi connectivity index (χ0v) is 22.5.